The normalized spacial score (nSPS) is 30.4. The standard InChI is InChI=1S/C13H21N3O/c1-3-10(7-14-5-1)12-9-17-13(16-12)11-4-2-6-15-8-11/h9-11,14-15H,1-8H2. The van der Waals surface area contributed by atoms with Gasteiger partial charge in [0.2, 0.25) is 0 Å². The third kappa shape index (κ3) is 2.53. The van der Waals surface area contributed by atoms with Crippen molar-refractivity contribution in [2.24, 2.45) is 0 Å². The lowest BCUT2D eigenvalue weighted by molar-refractivity contribution is 0.376. The molecule has 2 unspecified atom stereocenters. The van der Waals surface area contributed by atoms with Gasteiger partial charge in [0.1, 0.15) is 6.26 Å². The Morgan fingerprint density at radius 3 is 2.41 bits per heavy atom. The maximum Gasteiger partial charge on any atom is 0.198 e. The van der Waals surface area contributed by atoms with Gasteiger partial charge < -0.3 is 15.1 Å². The van der Waals surface area contributed by atoms with Crippen molar-refractivity contribution >= 4 is 0 Å². The van der Waals surface area contributed by atoms with Crippen LogP contribution in [0.25, 0.3) is 0 Å². The zero-order valence-corrected chi connectivity index (χ0v) is 10.2. The van der Waals surface area contributed by atoms with Crippen LogP contribution in [0.1, 0.15) is 49.1 Å². The van der Waals surface area contributed by atoms with Crippen LogP contribution in [0, 0.1) is 0 Å². The number of aromatic nitrogens is 1. The smallest absolute Gasteiger partial charge is 0.198 e. The highest BCUT2D eigenvalue weighted by molar-refractivity contribution is 5.09. The summed E-state index contributed by atoms with van der Waals surface area (Å²) in [5, 5.41) is 6.84. The largest absolute Gasteiger partial charge is 0.448 e. The third-order valence-corrected chi connectivity index (χ3v) is 3.90. The first-order valence-corrected chi connectivity index (χ1v) is 6.80. The highest BCUT2D eigenvalue weighted by Gasteiger charge is 2.23. The minimum absolute atomic E-state index is 0.481. The molecule has 0 spiro atoms. The summed E-state index contributed by atoms with van der Waals surface area (Å²) in [7, 11) is 0. The molecule has 0 bridgehead atoms. The Bertz CT molecular complexity index is 319. The number of oxazole rings is 1. The SMILES string of the molecule is c1oc(C2CCCNC2)nc1C1CCCNC1. The third-order valence-electron chi connectivity index (χ3n) is 3.90. The van der Waals surface area contributed by atoms with Crippen molar-refractivity contribution in [3.8, 4) is 0 Å². The van der Waals surface area contributed by atoms with E-state index in [1.807, 2.05) is 6.26 Å². The topological polar surface area (TPSA) is 50.1 Å². The first-order chi connectivity index (χ1) is 8.43. The van der Waals surface area contributed by atoms with Gasteiger partial charge in [0.05, 0.1) is 5.69 Å². The zero-order valence-electron chi connectivity index (χ0n) is 10.2. The fraction of sp³-hybridized carbons (Fsp3) is 0.769. The highest BCUT2D eigenvalue weighted by atomic mass is 16.3. The van der Waals surface area contributed by atoms with E-state index in [2.05, 4.69) is 10.6 Å². The lowest BCUT2D eigenvalue weighted by atomic mass is 9.96. The Hall–Kier alpha value is -0.870. The second kappa shape index (κ2) is 5.19. The van der Waals surface area contributed by atoms with Crippen molar-refractivity contribution in [3.05, 3.63) is 17.8 Å². The lowest BCUT2D eigenvalue weighted by Crippen LogP contribution is -2.29. The van der Waals surface area contributed by atoms with Gasteiger partial charge in [-0.05, 0) is 38.8 Å². The predicted molar refractivity (Wildman–Crippen MR) is 66.2 cm³/mol. The molecule has 1 aromatic heterocycles. The second-order valence-corrected chi connectivity index (χ2v) is 5.20. The predicted octanol–water partition coefficient (Wildman–Crippen LogP) is 1.61. The summed E-state index contributed by atoms with van der Waals surface area (Å²) in [6.45, 7) is 4.35. The Kier molecular flexibility index (Phi) is 3.43. The van der Waals surface area contributed by atoms with E-state index in [-0.39, 0.29) is 0 Å². The molecule has 3 rings (SSSR count). The summed E-state index contributed by atoms with van der Waals surface area (Å²) in [6, 6.07) is 0. The van der Waals surface area contributed by atoms with Crippen LogP contribution in [0.15, 0.2) is 10.7 Å². The minimum atomic E-state index is 0.481. The Morgan fingerprint density at radius 2 is 1.76 bits per heavy atom. The molecule has 3 heterocycles. The summed E-state index contributed by atoms with van der Waals surface area (Å²) < 4.78 is 5.68. The van der Waals surface area contributed by atoms with Crippen molar-refractivity contribution in [3.63, 3.8) is 0 Å². The van der Waals surface area contributed by atoms with E-state index in [4.69, 9.17) is 9.40 Å². The first-order valence-electron chi connectivity index (χ1n) is 6.80. The van der Waals surface area contributed by atoms with Crippen LogP contribution in [-0.2, 0) is 0 Å². The molecular weight excluding hydrogens is 214 g/mol. The zero-order chi connectivity index (χ0) is 11.5. The van der Waals surface area contributed by atoms with Crippen LogP contribution >= 0.6 is 0 Å². The van der Waals surface area contributed by atoms with Crippen LogP contribution in [0.3, 0.4) is 0 Å². The molecule has 0 radical (unpaired) electrons. The Labute approximate surface area is 102 Å². The van der Waals surface area contributed by atoms with E-state index < -0.39 is 0 Å². The summed E-state index contributed by atoms with van der Waals surface area (Å²) in [5.41, 5.74) is 1.15. The van der Waals surface area contributed by atoms with Crippen molar-refractivity contribution in [2.45, 2.75) is 37.5 Å². The van der Waals surface area contributed by atoms with Crippen LogP contribution in [0.2, 0.25) is 0 Å². The van der Waals surface area contributed by atoms with Crippen LogP contribution in [-0.4, -0.2) is 31.2 Å². The molecule has 2 aliphatic heterocycles. The van der Waals surface area contributed by atoms with Gasteiger partial charge in [0.25, 0.3) is 0 Å². The summed E-state index contributed by atoms with van der Waals surface area (Å²) >= 11 is 0. The molecule has 2 N–H and O–H groups in total. The molecule has 0 aliphatic carbocycles. The fourth-order valence-corrected chi connectivity index (χ4v) is 2.84. The van der Waals surface area contributed by atoms with Crippen LogP contribution < -0.4 is 10.6 Å². The van der Waals surface area contributed by atoms with Crippen molar-refractivity contribution < 1.29 is 4.42 Å². The Balaban J connectivity index is 1.68. The van der Waals surface area contributed by atoms with Gasteiger partial charge in [-0.25, -0.2) is 4.98 Å². The second-order valence-electron chi connectivity index (χ2n) is 5.20. The van der Waals surface area contributed by atoms with E-state index in [9.17, 15) is 0 Å². The highest BCUT2D eigenvalue weighted by Crippen LogP contribution is 2.27. The number of hydrogen-bond acceptors (Lipinski definition) is 4. The van der Waals surface area contributed by atoms with E-state index in [1.54, 1.807) is 0 Å². The average molecular weight is 235 g/mol. The van der Waals surface area contributed by atoms with Gasteiger partial charge in [-0.15, -0.1) is 0 Å². The summed E-state index contributed by atoms with van der Waals surface area (Å²) in [6.07, 6.45) is 6.80. The minimum Gasteiger partial charge on any atom is -0.448 e. The molecule has 17 heavy (non-hydrogen) atoms. The molecule has 4 heteroatoms. The van der Waals surface area contributed by atoms with E-state index in [0.717, 1.165) is 37.8 Å². The molecule has 2 atom stereocenters. The van der Waals surface area contributed by atoms with Gasteiger partial charge >= 0.3 is 0 Å². The van der Waals surface area contributed by atoms with Gasteiger partial charge in [-0.1, -0.05) is 0 Å². The number of hydrogen-bond donors (Lipinski definition) is 2. The van der Waals surface area contributed by atoms with E-state index in [1.165, 1.54) is 25.7 Å². The van der Waals surface area contributed by atoms with Crippen molar-refractivity contribution in [1.82, 2.24) is 15.6 Å². The molecule has 2 aliphatic rings. The van der Waals surface area contributed by atoms with Gasteiger partial charge in [-0.2, -0.15) is 0 Å². The maximum absolute atomic E-state index is 5.68. The van der Waals surface area contributed by atoms with E-state index in [0.29, 0.717) is 11.8 Å². The number of piperidine rings is 2. The van der Waals surface area contributed by atoms with Crippen LogP contribution in [0.5, 0.6) is 0 Å². The fourth-order valence-electron chi connectivity index (χ4n) is 2.84. The molecule has 2 fully saturated rings. The van der Waals surface area contributed by atoms with Crippen molar-refractivity contribution in [2.75, 3.05) is 26.2 Å². The van der Waals surface area contributed by atoms with Gasteiger partial charge in [-0.3, -0.25) is 0 Å². The number of nitrogens with one attached hydrogen (secondary N) is 2. The van der Waals surface area contributed by atoms with E-state index >= 15 is 0 Å². The molecule has 0 saturated carbocycles. The average Bonchev–Trinajstić information content (AvgIpc) is 2.90. The summed E-state index contributed by atoms with van der Waals surface area (Å²) in [5.74, 6) is 1.98. The maximum atomic E-state index is 5.68. The van der Waals surface area contributed by atoms with Crippen LogP contribution in [0.4, 0.5) is 0 Å². The van der Waals surface area contributed by atoms with Gasteiger partial charge in [0, 0.05) is 24.9 Å². The molecule has 94 valence electrons. The number of nitrogens with zero attached hydrogens (tertiary/aromatic N) is 1. The molecule has 4 nitrogen and oxygen atoms in total. The molecule has 1 aromatic rings. The summed E-state index contributed by atoms with van der Waals surface area (Å²) in [4.78, 5) is 4.71. The molecule has 0 amide bonds. The monoisotopic (exact) mass is 235 g/mol. The molecular formula is C13H21N3O. The quantitative estimate of drug-likeness (QED) is 0.817. The first kappa shape index (κ1) is 11.2. The molecule has 2 saturated heterocycles. The van der Waals surface area contributed by atoms with Crippen molar-refractivity contribution in [1.29, 1.82) is 0 Å². The number of rotatable bonds is 2. The lowest BCUT2D eigenvalue weighted by Gasteiger charge is -2.21. The Morgan fingerprint density at radius 1 is 1.06 bits per heavy atom. The van der Waals surface area contributed by atoms with Gasteiger partial charge in [0.15, 0.2) is 5.89 Å². The molecule has 0 aromatic carbocycles.